The second-order valence-electron chi connectivity index (χ2n) is 3.94. The third kappa shape index (κ3) is 3.43. The highest BCUT2D eigenvalue weighted by molar-refractivity contribution is 7.99. The number of benzene rings is 1. The van der Waals surface area contributed by atoms with Gasteiger partial charge in [0.25, 0.3) is 0 Å². The van der Waals surface area contributed by atoms with Gasteiger partial charge in [0.15, 0.2) is 0 Å². The van der Waals surface area contributed by atoms with Crippen molar-refractivity contribution in [2.45, 2.75) is 17.7 Å². The fourth-order valence-corrected chi connectivity index (χ4v) is 2.78. The van der Waals surface area contributed by atoms with Crippen molar-refractivity contribution in [3.8, 4) is 0 Å². The lowest BCUT2D eigenvalue weighted by atomic mass is 10.0. The van der Waals surface area contributed by atoms with Gasteiger partial charge < -0.3 is 10.5 Å². The summed E-state index contributed by atoms with van der Waals surface area (Å²) in [7, 11) is 0. The van der Waals surface area contributed by atoms with Gasteiger partial charge in [0.05, 0.1) is 0 Å². The number of nitrogens with two attached hydrogens (primary N) is 1. The van der Waals surface area contributed by atoms with E-state index in [0.29, 0.717) is 0 Å². The molecule has 2 rings (SSSR count). The molecule has 0 unspecified atom stereocenters. The van der Waals surface area contributed by atoms with Gasteiger partial charge in [-0.2, -0.15) is 0 Å². The molecule has 0 aromatic heterocycles. The van der Waals surface area contributed by atoms with E-state index in [1.165, 1.54) is 23.5 Å². The predicted octanol–water partition coefficient (Wildman–Crippen LogP) is 2.79. The van der Waals surface area contributed by atoms with Crippen LogP contribution in [0.25, 0.3) is 0 Å². The molecule has 0 saturated carbocycles. The molecule has 82 valence electrons. The average molecular weight is 223 g/mol. The molecule has 0 bridgehead atoms. The van der Waals surface area contributed by atoms with Crippen LogP contribution in [0.3, 0.4) is 0 Å². The molecule has 1 fully saturated rings. The van der Waals surface area contributed by atoms with Crippen LogP contribution in [-0.2, 0) is 4.74 Å². The number of hydrogen-bond acceptors (Lipinski definition) is 3. The van der Waals surface area contributed by atoms with Gasteiger partial charge in [-0.05, 0) is 43.0 Å². The molecular formula is C12H17NOS. The highest BCUT2D eigenvalue weighted by Crippen LogP contribution is 2.26. The highest BCUT2D eigenvalue weighted by Gasteiger charge is 2.13. The lowest BCUT2D eigenvalue weighted by molar-refractivity contribution is 0.0728. The van der Waals surface area contributed by atoms with Crippen LogP contribution in [0, 0.1) is 5.92 Å². The Bertz CT molecular complexity index is 293. The van der Waals surface area contributed by atoms with Crippen molar-refractivity contribution in [1.82, 2.24) is 0 Å². The third-order valence-electron chi connectivity index (χ3n) is 2.71. The minimum atomic E-state index is 0.821. The van der Waals surface area contributed by atoms with Crippen molar-refractivity contribution < 1.29 is 4.74 Å². The minimum absolute atomic E-state index is 0.821. The summed E-state index contributed by atoms with van der Waals surface area (Å²) in [5.41, 5.74) is 6.48. The number of rotatable bonds is 3. The molecule has 0 radical (unpaired) electrons. The summed E-state index contributed by atoms with van der Waals surface area (Å²) < 4.78 is 5.34. The number of anilines is 1. The standard InChI is InChI=1S/C12H17NOS/c13-11-1-3-12(4-2-11)15-9-10-5-7-14-8-6-10/h1-4,10H,5-9,13H2. The summed E-state index contributed by atoms with van der Waals surface area (Å²) in [6, 6.07) is 8.12. The number of thioether (sulfide) groups is 1. The Balaban J connectivity index is 1.79. The maximum atomic E-state index is 5.64. The molecule has 0 spiro atoms. The van der Waals surface area contributed by atoms with Crippen molar-refractivity contribution in [2.75, 3.05) is 24.7 Å². The van der Waals surface area contributed by atoms with E-state index in [-0.39, 0.29) is 0 Å². The monoisotopic (exact) mass is 223 g/mol. The fourth-order valence-electron chi connectivity index (χ4n) is 1.69. The molecule has 1 heterocycles. The van der Waals surface area contributed by atoms with E-state index < -0.39 is 0 Å². The Morgan fingerprint density at radius 2 is 1.87 bits per heavy atom. The molecule has 1 aromatic rings. The van der Waals surface area contributed by atoms with E-state index >= 15 is 0 Å². The Hall–Kier alpha value is -0.670. The highest BCUT2D eigenvalue weighted by atomic mass is 32.2. The van der Waals surface area contributed by atoms with Gasteiger partial charge in [0, 0.05) is 29.5 Å². The lowest BCUT2D eigenvalue weighted by Gasteiger charge is -2.21. The van der Waals surface area contributed by atoms with Crippen LogP contribution >= 0.6 is 11.8 Å². The summed E-state index contributed by atoms with van der Waals surface area (Å²) >= 11 is 1.92. The zero-order chi connectivity index (χ0) is 10.5. The van der Waals surface area contributed by atoms with Crippen molar-refractivity contribution in [1.29, 1.82) is 0 Å². The van der Waals surface area contributed by atoms with Crippen LogP contribution < -0.4 is 5.73 Å². The molecule has 2 nitrogen and oxygen atoms in total. The third-order valence-corrected chi connectivity index (χ3v) is 3.95. The summed E-state index contributed by atoms with van der Waals surface area (Å²) in [4.78, 5) is 1.32. The summed E-state index contributed by atoms with van der Waals surface area (Å²) in [6.07, 6.45) is 2.42. The van der Waals surface area contributed by atoms with Crippen LogP contribution in [0.4, 0.5) is 5.69 Å². The van der Waals surface area contributed by atoms with Crippen molar-refractivity contribution in [2.24, 2.45) is 5.92 Å². The van der Waals surface area contributed by atoms with Gasteiger partial charge in [0.1, 0.15) is 0 Å². The van der Waals surface area contributed by atoms with Gasteiger partial charge in [-0.3, -0.25) is 0 Å². The zero-order valence-electron chi connectivity index (χ0n) is 8.82. The molecule has 0 amide bonds. The maximum absolute atomic E-state index is 5.64. The molecule has 1 saturated heterocycles. The molecule has 1 aliphatic heterocycles. The van der Waals surface area contributed by atoms with Crippen molar-refractivity contribution in [3.05, 3.63) is 24.3 Å². The smallest absolute Gasteiger partial charge is 0.0468 e. The van der Waals surface area contributed by atoms with Crippen LogP contribution in [0.5, 0.6) is 0 Å². The molecule has 0 aliphatic carbocycles. The molecule has 2 N–H and O–H groups in total. The van der Waals surface area contributed by atoms with E-state index in [2.05, 4.69) is 12.1 Å². The van der Waals surface area contributed by atoms with Crippen molar-refractivity contribution in [3.63, 3.8) is 0 Å². The predicted molar refractivity (Wildman–Crippen MR) is 65.1 cm³/mol. The van der Waals surface area contributed by atoms with Gasteiger partial charge in [-0.15, -0.1) is 11.8 Å². The van der Waals surface area contributed by atoms with Gasteiger partial charge >= 0.3 is 0 Å². The first-order valence-corrected chi connectivity index (χ1v) is 6.39. The maximum Gasteiger partial charge on any atom is 0.0468 e. The molecule has 1 aromatic carbocycles. The van der Waals surface area contributed by atoms with Gasteiger partial charge in [-0.25, -0.2) is 0 Å². The topological polar surface area (TPSA) is 35.2 Å². The Labute approximate surface area is 95.2 Å². The zero-order valence-corrected chi connectivity index (χ0v) is 9.63. The first-order chi connectivity index (χ1) is 7.34. The van der Waals surface area contributed by atoms with Crippen LogP contribution in [0.15, 0.2) is 29.2 Å². The van der Waals surface area contributed by atoms with E-state index in [4.69, 9.17) is 10.5 Å². The number of nitrogen functional groups attached to an aromatic ring is 1. The minimum Gasteiger partial charge on any atom is -0.399 e. The largest absolute Gasteiger partial charge is 0.399 e. The quantitative estimate of drug-likeness (QED) is 0.632. The van der Waals surface area contributed by atoms with E-state index in [1.807, 2.05) is 23.9 Å². The van der Waals surface area contributed by atoms with E-state index in [9.17, 15) is 0 Å². The molecule has 0 atom stereocenters. The first-order valence-electron chi connectivity index (χ1n) is 5.40. The summed E-state index contributed by atoms with van der Waals surface area (Å²) in [6.45, 7) is 1.87. The second-order valence-corrected chi connectivity index (χ2v) is 5.03. The van der Waals surface area contributed by atoms with Gasteiger partial charge in [0.2, 0.25) is 0 Å². The van der Waals surface area contributed by atoms with Gasteiger partial charge in [-0.1, -0.05) is 0 Å². The Morgan fingerprint density at radius 1 is 1.20 bits per heavy atom. The molecule has 15 heavy (non-hydrogen) atoms. The second kappa shape index (κ2) is 5.42. The fraction of sp³-hybridized carbons (Fsp3) is 0.500. The Kier molecular flexibility index (Phi) is 3.92. The van der Waals surface area contributed by atoms with E-state index in [0.717, 1.165) is 24.8 Å². The lowest BCUT2D eigenvalue weighted by Crippen LogP contribution is -2.17. The number of ether oxygens (including phenoxy) is 1. The molecular weight excluding hydrogens is 206 g/mol. The molecule has 3 heteroatoms. The van der Waals surface area contributed by atoms with E-state index in [1.54, 1.807) is 0 Å². The molecule has 1 aliphatic rings. The van der Waals surface area contributed by atoms with Crippen LogP contribution in [0.2, 0.25) is 0 Å². The van der Waals surface area contributed by atoms with Crippen LogP contribution in [0.1, 0.15) is 12.8 Å². The normalized spacial score (nSPS) is 17.9. The SMILES string of the molecule is Nc1ccc(SCC2CCOCC2)cc1. The number of hydrogen-bond donors (Lipinski definition) is 1. The van der Waals surface area contributed by atoms with Crippen molar-refractivity contribution >= 4 is 17.4 Å². The Morgan fingerprint density at radius 3 is 2.53 bits per heavy atom. The summed E-state index contributed by atoms with van der Waals surface area (Å²) in [5.74, 6) is 2.02. The average Bonchev–Trinajstić information content (AvgIpc) is 2.30. The van der Waals surface area contributed by atoms with Crippen LogP contribution in [-0.4, -0.2) is 19.0 Å². The first kappa shape index (κ1) is 10.8. The summed E-state index contributed by atoms with van der Waals surface area (Å²) in [5, 5.41) is 0.